The average molecular weight is 354 g/mol. The summed E-state index contributed by atoms with van der Waals surface area (Å²) in [4.78, 5) is 30.2. The number of nitrogen functional groups attached to an aromatic ring is 1. The number of nitrogens with one attached hydrogen (secondary N) is 1. The first kappa shape index (κ1) is 17.8. The summed E-state index contributed by atoms with van der Waals surface area (Å²) in [6, 6.07) is 6.91. The van der Waals surface area contributed by atoms with E-state index in [0.29, 0.717) is 34.6 Å². The van der Waals surface area contributed by atoms with Crippen molar-refractivity contribution < 1.29 is 9.36 Å². The Bertz CT molecular complexity index is 1040. The number of nitrogens with two attached hydrogens (primary N) is 1. The van der Waals surface area contributed by atoms with E-state index in [1.807, 2.05) is 19.9 Å². The number of hydrogen-bond acceptors (Lipinski definition) is 4. The molecule has 0 bridgehead atoms. The van der Waals surface area contributed by atoms with E-state index < -0.39 is 0 Å². The fourth-order valence-electron chi connectivity index (χ4n) is 2.97. The molecule has 0 radical (unpaired) electrons. The van der Waals surface area contributed by atoms with Gasteiger partial charge in [-0.2, -0.15) is 0 Å². The van der Waals surface area contributed by atoms with Gasteiger partial charge in [0, 0.05) is 12.2 Å². The maximum absolute atomic E-state index is 13.0. The summed E-state index contributed by atoms with van der Waals surface area (Å²) in [6.45, 7) is 6.43. The molecule has 7 nitrogen and oxygen atoms in total. The molecule has 3 aromatic heterocycles. The summed E-state index contributed by atoms with van der Waals surface area (Å²) in [6.07, 6.45) is 3.50. The number of fused-ring (bicyclic) bond motifs is 2. The van der Waals surface area contributed by atoms with Gasteiger partial charge >= 0.3 is 0 Å². The molecule has 26 heavy (non-hydrogen) atoms. The Morgan fingerprint density at radius 3 is 2.85 bits per heavy atom. The van der Waals surface area contributed by atoms with Crippen molar-refractivity contribution in [2.24, 2.45) is 0 Å². The molecule has 0 aliphatic heterocycles. The molecule has 136 valence electrons. The van der Waals surface area contributed by atoms with E-state index in [9.17, 15) is 9.59 Å². The summed E-state index contributed by atoms with van der Waals surface area (Å²) in [5, 5.41) is 3.23. The fourth-order valence-corrected chi connectivity index (χ4v) is 2.97. The van der Waals surface area contributed by atoms with Crippen LogP contribution >= 0.6 is 0 Å². The first-order valence-corrected chi connectivity index (χ1v) is 8.88. The van der Waals surface area contributed by atoms with Gasteiger partial charge in [-0.3, -0.25) is 14.0 Å². The number of nitrogens with zero attached hydrogens (tertiary/aromatic N) is 3. The van der Waals surface area contributed by atoms with Crippen molar-refractivity contribution in [3.63, 3.8) is 0 Å². The van der Waals surface area contributed by atoms with Crippen molar-refractivity contribution in [2.75, 3.05) is 5.73 Å². The smallest absolute Gasteiger partial charge is 0.278 e. The Kier molecular flexibility index (Phi) is 4.88. The normalized spacial score (nSPS) is 11.4. The molecule has 0 aliphatic carbocycles. The van der Waals surface area contributed by atoms with E-state index in [2.05, 4.69) is 17.2 Å². The summed E-state index contributed by atoms with van der Waals surface area (Å²) < 4.78 is 3.26. The minimum atomic E-state index is -0.290. The van der Waals surface area contributed by atoms with Gasteiger partial charge in [-0.05, 0) is 38.5 Å². The molecule has 3 aromatic rings. The summed E-state index contributed by atoms with van der Waals surface area (Å²) in [5.74, 6) is 0.0403. The third-order valence-corrected chi connectivity index (χ3v) is 4.26. The molecule has 0 spiro atoms. The van der Waals surface area contributed by atoms with Gasteiger partial charge in [0.1, 0.15) is 10.9 Å². The monoisotopic (exact) mass is 354 g/mol. The standard InChI is InChI=1S/C19H23N5O2/c1-4-5-9-24-16(20)13(18(25)21-12(2)3)11-14-17(24)22-15-8-6-7-10-23(15)19(14)26/h6-8,10-12,20H,4-5,9H2,1-3H3,(H,21,25)/p+1. The van der Waals surface area contributed by atoms with Crippen molar-refractivity contribution in [1.82, 2.24) is 14.7 Å². The fraction of sp³-hybridized carbons (Fsp3) is 0.368. The Labute approximate surface area is 151 Å². The number of amides is 1. The van der Waals surface area contributed by atoms with Crippen molar-refractivity contribution in [1.29, 1.82) is 0 Å². The molecule has 0 aromatic carbocycles. The predicted octanol–water partition coefficient (Wildman–Crippen LogP) is 1.66. The van der Waals surface area contributed by atoms with Crippen LogP contribution in [0.2, 0.25) is 0 Å². The number of pyridine rings is 2. The zero-order valence-corrected chi connectivity index (χ0v) is 15.3. The second-order valence-corrected chi connectivity index (χ2v) is 6.66. The van der Waals surface area contributed by atoms with Crippen LogP contribution in [0.3, 0.4) is 0 Å². The zero-order valence-electron chi connectivity index (χ0n) is 15.3. The van der Waals surface area contributed by atoms with E-state index in [-0.39, 0.29) is 17.5 Å². The molecular weight excluding hydrogens is 330 g/mol. The number of anilines is 1. The Morgan fingerprint density at radius 2 is 2.15 bits per heavy atom. The Hall–Kier alpha value is -2.96. The molecule has 3 N–H and O–H groups in total. The number of unbranched alkanes of at least 4 members (excludes halogenated alkanes) is 1. The summed E-state index contributed by atoms with van der Waals surface area (Å²) in [5.41, 5.74) is 7.46. The van der Waals surface area contributed by atoms with Gasteiger partial charge in [-0.25, -0.2) is 4.57 Å². The quantitative estimate of drug-likeness (QED) is 0.538. The van der Waals surface area contributed by atoms with Crippen molar-refractivity contribution in [3.05, 3.63) is 46.4 Å². The highest BCUT2D eigenvalue weighted by Crippen LogP contribution is 2.15. The van der Waals surface area contributed by atoms with Crippen molar-refractivity contribution in [2.45, 2.75) is 46.2 Å². The molecule has 3 rings (SSSR count). The molecule has 7 heteroatoms. The Morgan fingerprint density at radius 1 is 1.38 bits per heavy atom. The van der Waals surface area contributed by atoms with Crippen LogP contribution in [-0.4, -0.2) is 21.3 Å². The Balaban J connectivity index is 2.35. The zero-order chi connectivity index (χ0) is 18.8. The molecule has 0 fully saturated rings. The molecule has 1 amide bonds. The minimum Gasteiger partial charge on any atom is -0.350 e. The van der Waals surface area contributed by atoms with Crippen LogP contribution in [0.5, 0.6) is 0 Å². The molecule has 0 saturated heterocycles. The lowest BCUT2D eigenvalue weighted by Gasteiger charge is -2.13. The van der Waals surface area contributed by atoms with E-state index in [4.69, 9.17) is 5.73 Å². The topological polar surface area (TPSA) is 93.4 Å². The number of hydrogen-bond donors (Lipinski definition) is 2. The number of rotatable bonds is 5. The van der Waals surface area contributed by atoms with Crippen LogP contribution in [0.4, 0.5) is 5.82 Å². The van der Waals surface area contributed by atoms with E-state index in [1.165, 1.54) is 4.40 Å². The second kappa shape index (κ2) is 7.11. The van der Waals surface area contributed by atoms with Crippen LogP contribution in [0.25, 0.3) is 16.7 Å². The van der Waals surface area contributed by atoms with E-state index in [1.54, 1.807) is 29.0 Å². The largest absolute Gasteiger partial charge is 0.350 e. The van der Waals surface area contributed by atoms with Crippen LogP contribution in [0.1, 0.15) is 44.0 Å². The maximum atomic E-state index is 13.0. The molecular formula is C19H24N5O2+. The molecule has 0 saturated carbocycles. The maximum Gasteiger partial charge on any atom is 0.278 e. The molecule has 0 unspecified atom stereocenters. The van der Waals surface area contributed by atoms with Gasteiger partial charge in [0.05, 0.1) is 6.54 Å². The first-order valence-electron chi connectivity index (χ1n) is 8.88. The number of carbonyl (C=O) groups is 1. The highest BCUT2D eigenvalue weighted by atomic mass is 16.2. The average Bonchev–Trinajstić information content (AvgIpc) is 2.60. The highest BCUT2D eigenvalue weighted by molar-refractivity contribution is 6.00. The third kappa shape index (κ3) is 3.12. The minimum absolute atomic E-state index is 0.0301. The van der Waals surface area contributed by atoms with Crippen molar-refractivity contribution >= 4 is 28.4 Å². The highest BCUT2D eigenvalue weighted by Gasteiger charge is 2.24. The summed E-state index contributed by atoms with van der Waals surface area (Å²) >= 11 is 0. The lowest BCUT2D eigenvalue weighted by molar-refractivity contribution is -0.659. The van der Waals surface area contributed by atoms with Crippen LogP contribution < -0.4 is 21.2 Å². The SMILES string of the molecule is CCCC[n+]1c(N)c(C(=O)NC(C)C)cc2c(=O)n3ccccc3nc21. The van der Waals surface area contributed by atoms with Crippen LogP contribution in [0.15, 0.2) is 35.3 Å². The first-order chi connectivity index (χ1) is 12.4. The van der Waals surface area contributed by atoms with Crippen LogP contribution in [0, 0.1) is 0 Å². The van der Waals surface area contributed by atoms with E-state index >= 15 is 0 Å². The molecule has 0 aliphatic rings. The predicted molar refractivity (Wildman–Crippen MR) is 101 cm³/mol. The number of aryl methyl sites for hydroxylation is 1. The van der Waals surface area contributed by atoms with Gasteiger partial charge in [0.25, 0.3) is 17.1 Å². The second-order valence-electron chi connectivity index (χ2n) is 6.66. The third-order valence-electron chi connectivity index (χ3n) is 4.26. The lowest BCUT2D eigenvalue weighted by atomic mass is 10.1. The summed E-state index contributed by atoms with van der Waals surface area (Å²) in [7, 11) is 0. The number of aromatic nitrogens is 3. The van der Waals surface area contributed by atoms with E-state index in [0.717, 1.165) is 12.8 Å². The van der Waals surface area contributed by atoms with Crippen LogP contribution in [-0.2, 0) is 6.54 Å². The van der Waals surface area contributed by atoms with Crippen molar-refractivity contribution in [3.8, 4) is 0 Å². The molecule has 0 atom stereocenters. The molecule has 3 heterocycles. The van der Waals surface area contributed by atoms with Gasteiger partial charge < -0.3 is 11.1 Å². The van der Waals surface area contributed by atoms with Gasteiger partial charge in [0.2, 0.25) is 11.5 Å². The van der Waals surface area contributed by atoms with Gasteiger partial charge in [0.15, 0.2) is 0 Å². The van der Waals surface area contributed by atoms with Gasteiger partial charge in [-0.1, -0.05) is 24.4 Å². The van der Waals surface area contributed by atoms with Gasteiger partial charge in [-0.15, -0.1) is 0 Å². The lowest BCUT2D eigenvalue weighted by Crippen LogP contribution is -2.43. The number of carbonyl (C=O) groups excluding carboxylic acids is 1.